The molecule has 0 saturated heterocycles. The first kappa shape index (κ1) is 13.1. The van der Waals surface area contributed by atoms with Crippen LogP contribution >= 0.6 is 0 Å². The zero-order valence-corrected chi connectivity index (χ0v) is 9.42. The summed E-state index contributed by atoms with van der Waals surface area (Å²) in [6.45, 7) is 1.49. The lowest BCUT2D eigenvalue weighted by Crippen LogP contribution is -2.36. The number of nitrogens with zero attached hydrogens (tertiary/aromatic N) is 1. The van der Waals surface area contributed by atoms with Crippen LogP contribution in [0, 0.1) is 10.1 Å². The quantitative estimate of drug-likeness (QED) is 0.581. The van der Waals surface area contributed by atoms with Gasteiger partial charge in [-0.1, -0.05) is 18.2 Å². The van der Waals surface area contributed by atoms with Crippen molar-refractivity contribution in [3.8, 4) is 0 Å². The molecule has 1 amide bonds. The van der Waals surface area contributed by atoms with Gasteiger partial charge in [-0.15, -0.1) is 0 Å². The summed E-state index contributed by atoms with van der Waals surface area (Å²) in [6, 6.07) is 5.74. The Balaban J connectivity index is 2.74. The van der Waals surface area contributed by atoms with E-state index in [0.717, 1.165) is 0 Å². The number of hydrogen-bond acceptors (Lipinski definition) is 4. The maximum atomic E-state index is 11.5. The van der Waals surface area contributed by atoms with Gasteiger partial charge >= 0.3 is 0 Å². The molecule has 92 valence electrons. The van der Waals surface area contributed by atoms with Crippen LogP contribution in [0.3, 0.4) is 0 Å². The number of nitrogens with one attached hydrogen (secondary N) is 1. The van der Waals surface area contributed by atoms with E-state index in [9.17, 15) is 14.9 Å². The first-order valence-corrected chi connectivity index (χ1v) is 5.17. The van der Waals surface area contributed by atoms with Crippen molar-refractivity contribution >= 4 is 11.6 Å². The van der Waals surface area contributed by atoms with Gasteiger partial charge in [0.2, 0.25) is 5.91 Å². The van der Waals surface area contributed by atoms with Gasteiger partial charge in [0.15, 0.2) is 0 Å². The molecule has 0 aromatic heterocycles. The summed E-state index contributed by atoms with van der Waals surface area (Å²) in [7, 11) is 0. The lowest BCUT2D eigenvalue weighted by molar-refractivity contribution is -0.385. The number of amides is 1. The van der Waals surface area contributed by atoms with Crippen LogP contribution in [0.1, 0.15) is 12.5 Å². The van der Waals surface area contributed by atoms with Gasteiger partial charge in [-0.05, 0) is 6.92 Å². The minimum atomic E-state index is -0.516. The van der Waals surface area contributed by atoms with E-state index in [1.165, 1.54) is 6.07 Å². The summed E-state index contributed by atoms with van der Waals surface area (Å²) >= 11 is 0. The number of hydrogen-bond donors (Lipinski definition) is 2. The van der Waals surface area contributed by atoms with E-state index in [2.05, 4.69) is 5.32 Å². The van der Waals surface area contributed by atoms with E-state index in [1.54, 1.807) is 25.1 Å². The molecule has 6 nitrogen and oxygen atoms in total. The lowest BCUT2D eigenvalue weighted by atomic mass is 10.1. The first-order chi connectivity index (χ1) is 8.04. The second-order valence-electron chi connectivity index (χ2n) is 3.71. The molecule has 1 atom stereocenters. The monoisotopic (exact) mass is 238 g/mol. The fourth-order valence-corrected chi connectivity index (χ4v) is 1.38. The fourth-order valence-electron chi connectivity index (χ4n) is 1.38. The first-order valence-electron chi connectivity index (χ1n) is 5.17. The summed E-state index contributed by atoms with van der Waals surface area (Å²) < 4.78 is 0. The fraction of sp³-hybridized carbons (Fsp3) is 0.364. The number of nitro groups is 1. The smallest absolute Gasteiger partial charge is 0.273 e. The Morgan fingerprint density at radius 3 is 2.76 bits per heavy atom. The molecule has 0 radical (unpaired) electrons. The van der Waals surface area contributed by atoms with Crippen LogP contribution < -0.4 is 5.32 Å². The largest absolute Gasteiger partial charge is 0.394 e. The average Bonchev–Trinajstić information content (AvgIpc) is 2.29. The van der Waals surface area contributed by atoms with Crippen molar-refractivity contribution in [2.24, 2.45) is 0 Å². The summed E-state index contributed by atoms with van der Waals surface area (Å²) in [5.41, 5.74) is 0.291. The van der Waals surface area contributed by atoms with E-state index in [4.69, 9.17) is 5.11 Å². The van der Waals surface area contributed by atoms with Crippen LogP contribution in [0.15, 0.2) is 24.3 Å². The molecular formula is C11H14N2O4. The second kappa shape index (κ2) is 5.95. The SMILES string of the molecule is C[C@H](CO)NC(=O)Cc1ccccc1[N+](=O)[O-]. The number of carbonyl (C=O) groups excluding carboxylic acids is 1. The highest BCUT2D eigenvalue weighted by molar-refractivity contribution is 5.80. The van der Waals surface area contributed by atoms with Gasteiger partial charge in [0.25, 0.3) is 5.69 Å². The Kier molecular flexibility index (Phi) is 4.59. The van der Waals surface area contributed by atoms with Crippen molar-refractivity contribution in [3.05, 3.63) is 39.9 Å². The van der Waals surface area contributed by atoms with Crippen molar-refractivity contribution in [1.82, 2.24) is 5.32 Å². The van der Waals surface area contributed by atoms with Gasteiger partial charge < -0.3 is 10.4 Å². The van der Waals surface area contributed by atoms with E-state index in [1.807, 2.05) is 0 Å². The third kappa shape index (κ3) is 3.84. The zero-order valence-electron chi connectivity index (χ0n) is 9.42. The third-order valence-electron chi connectivity index (χ3n) is 2.22. The minimum absolute atomic E-state index is 0.0680. The molecular weight excluding hydrogens is 224 g/mol. The van der Waals surface area contributed by atoms with Gasteiger partial charge in [-0.2, -0.15) is 0 Å². The van der Waals surface area contributed by atoms with Gasteiger partial charge in [-0.3, -0.25) is 14.9 Å². The Hall–Kier alpha value is -1.95. The van der Waals surface area contributed by atoms with E-state index < -0.39 is 4.92 Å². The molecule has 0 saturated carbocycles. The molecule has 0 bridgehead atoms. The maximum absolute atomic E-state index is 11.5. The number of rotatable bonds is 5. The number of carbonyl (C=O) groups is 1. The summed E-state index contributed by atoms with van der Waals surface area (Å²) in [4.78, 5) is 21.7. The van der Waals surface area contributed by atoms with Crippen molar-refractivity contribution in [2.45, 2.75) is 19.4 Å². The summed E-state index contributed by atoms with van der Waals surface area (Å²) in [6.07, 6.45) is -0.0680. The number of para-hydroxylation sites is 1. The zero-order chi connectivity index (χ0) is 12.8. The standard InChI is InChI=1S/C11H14N2O4/c1-8(7-14)12-11(15)6-9-4-2-3-5-10(9)13(16)17/h2-5,8,14H,6-7H2,1H3,(H,12,15)/t8-/m1/s1. The molecule has 0 aliphatic rings. The third-order valence-corrected chi connectivity index (χ3v) is 2.22. The molecule has 0 aliphatic heterocycles. The van der Waals surface area contributed by atoms with Crippen molar-refractivity contribution in [2.75, 3.05) is 6.61 Å². The highest BCUT2D eigenvalue weighted by atomic mass is 16.6. The normalized spacial score (nSPS) is 11.9. The minimum Gasteiger partial charge on any atom is -0.394 e. The predicted molar refractivity (Wildman–Crippen MR) is 61.5 cm³/mol. The lowest BCUT2D eigenvalue weighted by Gasteiger charge is -2.10. The van der Waals surface area contributed by atoms with Crippen molar-refractivity contribution in [3.63, 3.8) is 0 Å². The Morgan fingerprint density at radius 1 is 1.53 bits per heavy atom. The van der Waals surface area contributed by atoms with Crippen LogP contribution in [0.2, 0.25) is 0 Å². The number of aliphatic hydroxyl groups is 1. The molecule has 1 rings (SSSR count). The van der Waals surface area contributed by atoms with Crippen LogP contribution in [0.25, 0.3) is 0 Å². The molecule has 0 heterocycles. The van der Waals surface area contributed by atoms with E-state index in [-0.39, 0.29) is 30.7 Å². The molecule has 6 heteroatoms. The average molecular weight is 238 g/mol. The van der Waals surface area contributed by atoms with Gasteiger partial charge in [0.1, 0.15) is 0 Å². The molecule has 0 unspecified atom stereocenters. The highest BCUT2D eigenvalue weighted by Gasteiger charge is 2.16. The van der Waals surface area contributed by atoms with E-state index in [0.29, 0.717) is 5.56 Å². The van der Waals surface area contributed by atoms with Crippen LogP contribution in [0.4, 0.5) is 5.69 Å². The maximum Gasteiger partial charge on any atom is 0.273 e. The molecule has 0 spiro atoms. The summed E-state index contributed by atoms with van der Waals surface area (Å²) in [5, 5.41) is 22.0. The van der Waals surface area contributed by atoms with E-state index >= 15 is 0 Å². The molecule has 1 aromatic carbocycles. The predicted octanol–water partition coefficient (Wildman–Crippen LogP) is 0.634. The number of benzene rings is 1. The second-order valence-corrected chi connectivity index (χ2v) is 3.71. The topological polar surface area (TPSA) is 92.5 Å². The number of aliphatic hydroxyl groups excluding tert-OH is 1. The number of nitro benzene ring substituents is 1. The highest BCUT2D eigenvalue weighted by Crippen LogP contribution is 2.17. The Morgan fingerprint density at radius 2 is 2.18 bits per heavy atom. The van der Waals surface area contributed by atoms with Gasteiger partial charge in [0, 0.05) is 17.7 Å². The van der Waals surface area contributed by atoms with Crippen LogP contribution in [0.5, 0.6) is 0 Å². The Bertz CT molecular complexity index is 420. The Labute approximate surface area is 98.4 Å². The van der Waals surface area contributed by atoms with Gasteiger partial charge in [0.05, 0.1) is 18.0 Å². The summed E-state index contributed by atoms with van der Waals surface area (Å²) in [5.74, 6) is -0.346. The van der Waals surface area contributed by atoms with Crippen molar-refractivity contribution < 1.29 is 14.8 Å². The molecule has 0 fully saturated rings. The molecule has 17 heavy (non-hydrogen) atoms. The molecule has 0 aliphatic carbocycles. The van der Waals surface area contributed by atoms with Crippen molar-refractivity contribution in [1.29, 1.82) is 0 Å². The molecule has 1 aromatic rings. The molecule has 2 N–H and O–H groups in total. The van der Waals surface area contributed by atoms with Gasteiger partial charge in [-0.25, -0.2) is 0 Å². The van der Waals surface area contributed by atoms with Crippen LogP contribution in [-0.2, 0) is 11.2 Å². The van der Waals surface area contributed by atoms with Crippen LogP contribution in [-0.4, -0.2) is 28.6 Å².